The molecule has 3 rings (SSSR count). The molecule has 2 saturated heterocycles. The Hall–Kier alpha value is -1.77. The van der Waals surface area contributed by atoms with Crippen molar-refractivity contribution in [3.8, 4) is 0 Å². The van der Waals surface area contributed by atoms with Crippen LogP contribution in [0.15, 0.2) is 29.2 Å². The lowest BCUT2D eigenvalue weighted by Gasteiger charge is -2.48. The zero-order valence-corrected chi connectivity index (χ0v) is 16.3. The number of ether oxygens (including phenoxy) is 1. The Bertz CT molecular complexity index is 853. The minimum absolute atomic E-state index is 0.0375. The summed E-state index contributed by atoms with van der Waals surface area (Å²) in [4.78, 5) is 36.1. The van der Waals surface area contributed by atoms with Crippen LogP contribution in [0.5, 0.6) is 0 Å². The van der Waals surface area contributed by atoms with Gasteiger partial charge in [-0.2, -0.15) is 4.31 Å². The molecule has 146 valence electrons. The van der Waals surface area contributed by atoms with Crippen LogP contribution in [0.2, 0.25) is 5.02 Å². The summed E-state index contributed by atoms with van der Waals surface area (Å²) in [6, 6.07) is 4.15. The number of esters is 1. The van der Waals surface area contributed by atoms with Crippen molar-refractivity contribution in [3.05, 3.63) is 29.3 Å². The van der Waals surface area contributed by atoms with Crippen LogP contribution in [0.25, 0.3) is 0 Å². The van der Waals surface area contributed by atoms with Crippen molar-refractivity contribution in [1.82, 2.24) is 4.31 Å². The molecule has 0 aromatic heterocycles. The second-order valence-electron chi connectivity index (χ2n) is 6.76. The first-order valence-corrected chi connectivity index (χ1v) is 10.5. The van der Waals surface area contributed by atoms with Crippen molar-refractivity contribution in [2.24, 2.45) is 11.8 Å². The summed E-state index contributed by atoms with van der Waals surface area (Å²) in [5.74, 6) is -2.33. The molecule has 4 atom stereocenters. The minimum Gasteiger partial charge on any atom is -0.466 e. The summed E-state index contributed by atoms with van der Waals surface area (Å²) in [5, 5.41) is 0.399. The number of sulfonamides is 1. The maximum Gasteiger partial charge on any atom is 0.309 e. The van der Waals surface area contributed by atoms with Crippen LogP contribution in [0, 0.1) is 11.8 Å². The van der Waals surface area contributed by atoms with Crippen molar-refractivity contribution in [2.45, 2.75) is 43.2 Å². The highest BCUT2D eigenvalue weighted by atomic mass is 35.5. The third kappa shape index (κ3) is 3.66. The van der Waals surface area contributed by atoms with Gasteiger partial charge in [0.2, 0.25) is 10.0 Å². The molecule has 1 aromatic rings. The Morgan fingerprint density at radius 2 is 1.96 bits per heavy atom. The van der Waals surface area contributed by atoms with Gasteiger partial charge in [-0.25, -0.2) is 8.42 Å². The summed E-state index contributed by atoms with van der Waals surface area (Å²) in [6.45, 7) is 1.91. The standard InChI is InChI=1S/C18H20ClNO6S/c1-2-26-18(23)11-7-13-9-17(22)15(10-21)16(8-11)20(13)27(24,25)14-5-3-12(19)4-6-14/h3-6,10-11,13,15-16H,2,7-9H2,1H3. The van der Waals surface area contributed by atoms with Crippen molar-refractivity contribution in [1.29, 1.82) is 0 Å². The molecular weight excluding hydrogens is 394 g/mol. The van der Waals surface area contributed by atoms with Gasteiger partial charge < -0.3 is 9.53 Å². The molecule has 0 spiro atoms. The molecular formula is C18H20ClNO6S. The first-order chi connectivity index (χ1) is 12.8. The fourth-order valence-corrected chi connectivity index (χ4v) is 5.95. The first-order valence-electron chi connectivity index (χ1n) is 8.73. The number of carbonyl (C=O) groups excluding carboxylic acids is 3. The molecule has 0 N–H and O–H groups in total. The fraction of sp³-hybridized carbons (Fsp3) is 0.500. The van der Waals surface area contributed by atoms with E-state index in [1.165, 1.54) is 28.6 Å². The number of aldehydes is 1. The van der Waals surface area contributed by atoms with Gasteiger partial charge in [-0.3, -0.25) is 9.59 Å². The van der Waals surface area contributed by atoms with Gasteiger partial charge in [0.25, 0.3) is 0 Å². The van der Waals surface area contributed by atoms with Crippen LogP contribution in [-0.4, -0.2) is 49.5 Å². The molecule has 2 fully saturated rings. The summed E-state index contributed by atoms with van der Waals surface area (Å²) in [7, 11) is -3.95. The normalized spacial score (nSPS) is 28.6. The van der Waals surface area contributed by atoms with Crippen LogP contribution in [0.3, 0.4) is 0 Å². The number of carbonyl (C=O) groups is 3. The number of benzene rings is 1. The van der Waals surface area contributed by atoms with E-state index in [1.54, 1.807) is 6.92 Å². The number of hydrogen-bond acceptors (Lipinski definition) is 6. The number of Topliss-reactive ketones (excluding diaryl/α,β-unsaturated/α-hetero) is 1. The van der Waals surface area contributed by atoms with E-state index in [0.717, 1.165) is 0 Å². The second-order valence-corrected chi connectivity index (χ2v) is 9.04. The molecule has 0 saturated carbocycles. The van der Waals surface area contributed by atoms with Gasteiger partial charge in [0, 0.05) is 23.5 Å². The topological polar surface area (TPSA) is 97.8 Å². The third-order valence-electron chi connectivity index (χ3n) is 5.15. The average molecular weight is 414 g/mol. The third-order valence-corrected chi connectivity index (χ3v) is 7.39. The number of nitrogens with zero attached hydrogens (tertiary/aromatic N) is 1. The van der Waals surface area contributed by atoms with E-state index in [2.05, 4.69) is 0 Å². The van der Waals surface area contributed by atoms with Crippen LogP contribution >= 0.6 is 11.6 Å². The van der Waals surface area contributed by atoms with E-state index in [9.17, 15) is 22.8 Å². The van der Waals surface area contributed by atoms with Crippen LogP contribution in [0.4, 0.5) is 0 Å². The van der Waals surface area contributed by atoms with E-state index in [0.29, 0.717) is 11.3 Å². The fourth-order valence-electron chi connectivity index (χ4n) is 3.98. The summed E-state index contributed by atoms with van der Waals surface area (Å²) in [6.07, 6.45) is 0.667. The van der Waals surface area contributed by atoms with Crippen molar-refractivity contribution in [2.75, 3.05) is 6.61 Å². The molecule has 7 nitrogen and oxygen atoms in total. The molecule has 27 heavy (non-hydrogen) atoms. The lowest BCUT2D eigenvalue weighted by Crippen LogP contribution is -2.61. The summed E-state index contributed by atoms with van der Waals surface area (Å²) in [5.41, 5.74) is 0. The van der Waals surface area contributed by atoms with Gasteiger partial charge in [-0.1, -0.05) is 11.6 Å². The predicted octanol–water partition coefficient (Wildman–Crippen LogP) is 1.83. The van der Waals surface area contributed by atoms with E-state index in [-0.39, 0.29) is 36.5 Å². The number of rotatable bonds is 5. The Kier molecular flexibility index (Phi) is 5.69. The van der Waals surface area contributed by atoms with Gasteiger partial charge in [0.1, 0.15) is 12.1 Å². The van der Waals surface area contributed by atoms with Crippen LogP contribution in [0.1, 0.15) is 26.2 Å². The zero-order chi connectivity index (χ0) is 19.8. The van der Waals surface area contributed by atoms with Gasteiger partial charge in [0.05, 0.1) is 23.3 Å². The van der Waals surface area contributed by atoms with Crippen LogP contribution in [-0.2, 0) is 29.1 Å². The van der Waals surface area contributed by atoms with E-state index in [4.69, 9.17) is 16.3 Å². The molecule has 4 unspecified atom stereocenters. The molecule has 2 bridgehead atoms. The van der Waals surface area contributed by atoms with E-state index < -0.39 is 39.9 Å². The molecule has 9 heteroatoms. The maximum atomic E-state index is 13.2. The molecule has 1 aromatic carbocycles. The Balaban J connectivity index is 2.00. The number of ketones is 1. The highest BCUT2D eigenvalue weighted by Crippen LogP contribution is 2.41. The lowest BCUT2D eigenvalue weighted by molar-refractivity contribution is -0.154. The Morgan fingerprint density at radius 3 is 2.56 bits per heavy atom. The minimum atomic E-state index is -3.95. The molecule has 0 radical (unpaired) electrons. The Morgan fingerprint density at radius 1 is 1.30 bits per heavy atom. The van der Waals surface area contributed by atoms with Crippen molar-refractivity contribution >= 4 is 39.7 Å². The first kappa shape index (κ1) is 20.0. The summed E-state index contributed by atoms with van der Waals surface area (Å²) >= 11 is 5.84. The van der Waals surface area contributed by atoms with Gasteiger partial charge in [-0.05, 0) is 44.0 Å². The van der Waals surface area contributed by atoms with Crippen LogP contribution < -0.4 is 0 Å². The largest absolute Gasteiger partial charge is 0.466 e. The molecule has 0 aliphatic carbocycles. The SMILES string of the molecule is CCOC(=O)C1CC2CC(=O)C(C=O)C(C1)N2S(=O)(=O)c1ccc(Cl)cc1. The van der Waals surface area contributed by atoms with E-state index in [1.807, 2.05) is 0 Å². The lowest BCUT2D eigenvalue weighted by atomic mass is 9.74. The monoisotopic (exact) mass is 413 g/mol. The second kappa shape index (κ2) is 7.69. The van der Waals surface area contributed by atoms with Gasteiger partial charge >= 0.3 is 5.97 Å². The average Bonchev–Trinajstić information content (AvgIpc) is 2.61. The summed E-state index contributed by atoms with van der Waals surface area (Å²) < 4.78 is 32.8. The Labute approximate surface area is 162 Å². The molecule has 2 heterocycles. The number of piperidine rings is 2. The molecule has 2 aliphatic rings. The smallest absolute Gasteiger partial charge is 0.309 e. The highest BCUT2D eigenvalue weighted by molar-refractivity contribution is 7.89. The number of halogens is 1. The molecule has 0 amide bonds. The van der Waals surface area contributed by atoms with Gasteiger partial charge in [-0.15, -0.1) is 0 Å². The number of hydrogen-bond donors (Lipinski definition) is 0. The maximum absolute atomic E-state index is 13.2. The van der Waals surface area contributed by atoms with Crippen molar-refractivity contribution in [3.63, 3.8) is 0 Å². The predicted molar refractivity (Wildman–Crippen MR) is 96.6 cm³/mol. The van der Waals surface area contributed by atoms with Gasteiger partial charge in [0.15, 0.2) is 0 Å². The zero-order valence-electron chi connectivity index (χ0n) is 14.7. The highest BCUT2D eigenvalue weighted by Gasteiger charge is 2.53. The molecule has 2 aliphatic heterocycles. The quantitative estimate of drug-likeness (QED) is 0.415. The van der Waals surface area contributed by atoms with E-state index >= 15 is 0 Å². The number of fused-ring (bicyclic) bond motifs is 2. The van der Waals surface area contributed by atoms with Crippen molar-refractivity contribution < 1.29 is 27.5 Å².